The molecule has 6 nitrogen and oxygen atoms in total. The standard InChI is InChI=1S/C14H25N3O3S/c1-4-11(2)16-9-14(15-10-16)21(19,20)17-8-6-5-7-13(17)12(3)18/h9-13,18H,4-8H2,1-3H3/t11-,12+,13-/m0/s1. The maximum atomic E-state index is 12.8. The van der Waals surface area contributed by atoms with E-state index in [4.69, 9.17) is 0 Å². The lowest BCUT2D eigenvalue weighted by atomic mass is 10.0. The van der Waals surface area contributed by atoms with Crippen molar-refractivity contribution in [3.8, 4) is 0 Å². The average Bonchev–Trinajstić information content (AvgIpc) is 2.97. The molecule has 0 unspecified atom stereocenters. The number of hydrogen-bond acceptors (Lipinski definition) is 4. The Labute approximate surface area is 126 Å². The molecule has 2 rings (SSSR count). The van der Waals surface area contributed by atoms with E-state index in [1.54, 1.807) is 19.4 Å². The van der Waals surface area contributed by atoms with Gasteiger partial charge in [0.15, 0.2) is 5.03 Å². The van der Waals surface area contributed by atoms with Gasteiger partial charge in [0.1, 0.15) is 0 Å². The highest BCUT2D eigenvalue weighted by Gasteiger charge is 2.37. The number of nitrogens with zero attached hydrogens (tertiary/aromatic N) is 3. The van der Waals surface area contributed by atoms with E-state index in [1.807, 2.05) is 18.4 Å². The van der Waals surface area contributed by atoms with Gasteiger partial charge in [0, 0.05) is 18.8 Å². The van der Waals surface area contributed by atoms with Crippen molar-refractivity contribution in [1.82, 2.24) is 13.9 Å². The molecule has 2 heterocycles. The molecule has 0 saturated carbocycles. The molecule has 120 valence electrons. The van der Waals surface area contributed by atoms with Gasteiger partial charge in [-0.3, -0.25) is 0 Å². The van der Waals surface area contributed by atoms with Crippen LogP contribution in [0.15, 0.2) is 17.6 Å². The van der Waals surface area contributed by atoms with Crippen LogP contribution in [0.4, 0.5) is 0 Å². The van der Waals surface area contributed by atoms with Crippen molar-refractivity contribution in [2.45, 2.75) is 69.7 Å². The van der Waals surface area contributed by atoms with Crippen LogP contribution in [0.1, 0.15) is 52.5 Å². The predicted molar refractivity (Wildman–Crippen MR) is 80.4 cm³/mol. The first-order chi connectivity index (χ1) is 9.87. The third-order valence-corrected chi connectivity index (χ3v) is 6.12. The van der Waals surface area contributed by atoms with Gasteiger partial charge in [-0.2, -0.15) is 4.31 Å². The zero-order valence-electron chi connectivity index (χ0n) is 12.9. The van der Waals surface area contributed by atoms with Crippen LogP contribution in [0.25, 0.3) is 0 Å². The SMILES string of the molecule is CC[C@H](C)n1cnc(S(=O)(=O)N2CCCC[C@H]2[C@@H](C)O)c1. The molecule has 1 aromatic rings. The van der Waals surface area contributed by atoms with Crippen LogP contribution >= 0.6 is 0 Å². The molecule has 1 fully saturated rings. The summed E-state index contributed by atoms with van der Waals surface area (Å²) in [6, 6.07) is -0.132. The molecule has 0 amide bonds. The van der Waals surface area contributed by atoms with Crippen LogP contribution < -0.4 is 0 Å². The second-order valence-corrected chi connectivity index (χ2v) is 7.67. The molecule has 21 heavy (non-hydrogen) atoms. The fourth-order valence-electron chi connectivity index (χ4n) is 2.73. The molecule has 1 saturated heterocycles. The first-order valence-electron chi connectivity index (χ1n) is 7.61. The fraction of sp³-hybridized carbons (Fsp3) is 0.786. The molecule has 0 aliphatic carbocycles. The Morgan fingerprint density at radius 3 is 2.76 bits per heavy atom. The lowest BCUT2D eigenvalue weighted by Crippen LogP contribution is -2.48. The minimum Gasteiger partial charge on any atom is -0.392 e. The van der Waals surface area contributed by atoms with Crippen molar-refractivity contribution in [2.75, 3.05) is 6.54 Å². The molecule has 1 aliphatic rings. The number of aromatic nitrogens is 2. The Bertz CT molecular complexity index is 568. The van der Waals surface area contributed by atoms with E-state index in [2.05, 4.69) is 4.98 Å². The molecule has 1 aromatic heterocycles. The summed E-state index contributed by atoms with van der Waals surface area (Å²) in [5.74, 6) is 0. The molecule has 7 heteroatoms. The van der Waals surface area contributed by atoms with Crippen LogP contribution in [-0.4, -0.2) is 46.1 Å². The van der Waals surface area contributed by atoms with Crippen molar-refractivity contribution < 1.29 is 13.5 Å². The van der Waals surface area contributed by atoms with Crippen LogP contribution in [0, 0.1) is 0 Å². The summed E-state index contributed by atoms with van der Waals surface area (Å²) < 4.78 is 28.8. The zero-order valence-corrected chi connectivity index (χ0v) is 13.8. The van der Waals surface area contributed by atoms with Crippen LogP contribution in [0.5, 0.6) is 0 Å². The van der Waals surface area contributed by atoms with Crippen molar-refractivity contribution in [1.29, 1.82) is 0 Å². The molecular formula is C14H25N3O3S. The average molecular weight is 315 g/mol. The van der Waals surface area contributed by atoms with Crippen molar-refractivity contribution in [2.24, 2.45) is 0 Å². The number of aliphatic hydroxyl groups excluding tert-OH is 1. The maximum Gasteiger partial charge on any atom is 0.262 e. The fourth-order valence-corrected chi connectivity index (χ4v) is 4.42. The van der Waals surface area contributed by atoms with Crippen LogP contribution in [0.3, 0.4) is 0 Å². The Morgan fingerprint density at radius 2 is 2.14 bits per heavy atom. The Morgan fingerprint density at radius 1 is 1.43 bits per heavy atom. The summed E-state index contributed by atoms with van der Waals surface area (Å²) in [6.07, 6.45) is 5.88. The monoisotopic (exact) mass is 315 g/mol. The number of sulfonamides is 1. The number of rotatable bonds is 5. The third kappa shape index (κ3) is 3.30. The molecule has 0 bridgehead atoms. The van der Waals surface area contributed by atoms with Gasteiger partial charge in [0.05, 0.1) is 18.5 Å². The smallest absolute Gasteiger partial charge is 0.262 e. The largest absolute Gasteiger partial charge is 0.392 e. The van der Waals surface area contributed by atoms with E-state index >= 15 is 0 Å². The second kappa shape index (κ2) is 6.46. The van der Waals surface area contributed by atoms with Gasteiger partial charge in [0.25, 0.3) is 10.0 Å². The first kappa shape index (κ1) is 16.5. The lowest BCUT2D eigenvalue weighted by Gasteiger charge is -2.35. The Kier molecular flexibility index (Phi) is 5.06. The summed E-state index contributed by atoms with van der Waals surface area (Å²) in [5, 5.41) is 9.94. The summed E-state index contributed by atoms with van der Waals surface area (Å²) >= 11 is 0. The van der Waals surface area contributed by atoms with Gasteiger partial charge in [-0.1, -0.05) is 13.3 Å². The minimum atomic E-state index is -3.64. The highest BCUT2D eigenvalue weighted by Crippen LogP contribution is 2.27. The van der Waals surface area contributed by atoms with Crippen LogP contribution in [-0.2, 0) is 10.0 Å². The summed E-state index contributed by atoms with van der Waals surface area (Å²) in [6.45, 7) is 6.18. The van der Waals surface area contributed by atoms with E-state index in [0.717, 1.165) is 19.3 Å². The van der Waals surface area contributed by atoms with E-state index in [-0.39, 0.29) is 17.1 Å². The number of imidazole rings is 1. The molecule has 1 aliphatic heterocycles. The lowest BCUT2D eigenvalue weighted by molar-refractivity contribution is 0.0830. The Hall–Kier alpha value is -0.920. The highest BCUT2D eigenvalue weighted by atomic mass is 32.2. The van der Waals surface area contributed by atoms with Gasteiger partial charge < -0.3 is 9.67 Å². The Balaban J connectivity index is 2.29. The van der Waals surface area contributed by atoms with Gasteiger partial charge in [-0.05, 0) is 33.1 Å². The first-order valence-corrected chi connectivity index (χ1v) is 9.05. The van der Waals surface area contributed by atoms with E-state index in [9.17, 15) is 13.5 Å². The van der Waals surface area contributed by atoms with Crippen molar-refractivity contribution in [3.05, 3.63) is 12.5 Å². The van der Waals surface area contributed by atoms with Crippen molar-refractivity contribution >= 4 is 10.0 Å². The van der Waals surface area contributed by atoms with Gasteiger partial charge in [-0.25, -0.2) is 13.4 Å². The number of piperidine rings is 1. The quantitative estimate of drug-likeness (QED) is 0.898. The number of hydrogen-bond donors (Lipinski definition) is 1. The summed E-state index contributed by atoms with van der Waals surface area (Å²) in [7, 11) is -3.64. The molecule has 0 aromatic carbocycles. The van der Waals surface area contributed by atoms with Crippen molar-refractivity contribution in [3.63, 3.8) is 0 Å². The summed E-state index contributed by atoms with van der Waals surface area (Å²) in [5.41, 5.74) is 0. The molecule has 1 N–H and O–H groups in total. The van der Waals surface area contributed by atoms with E-state index in [0.29, 0.717) is 13.0 Å². The van der Waals surface area contributed by atoms with Crippen LogP contribution in [0.2, 0.25) is 0 Å². The normalized spacial score (nSPS) is 23.9. The zero-order chi connectivity index (χ0) is 15.6. The van der Waals surface area contributed by atoms with Gasteiger partial charge in [-0.15, -0.1) is 0 Å². The van der Waals surface area contributed by atoms with E-state index < -0.39 is 16.1 Å². The molecule has 0 radical (unpaired) electrons. The maximum absolute atomic E-state index is 12.8. The second-order valence-electron chi connectivity index (χ2n) is 5.84. The number of aliphatic hydroxyl groups is 1. The third-order valence-electron chi connectivity index (χ3n) is 4.31. The summed E-state index contributed by atoms with van der Waals surface area (Å²) in [4.78, 5) is 4.08. The van der Waals surface area contributed by atoms with E-state index in [1.165, 1.54) is 4.31 Å². The molecule has 3 atom stereocenters. The topological polar surface area (TPSA) is 75.4 Å². The van der Waals surface area contributed by atoms with Gasteiger partial charge in [0.2, 0.25) is 0 Å². The molecule has 0 spiro atoms. The van der Waals surface area contributed by atoms with Gasteiger partial charge >= 0.3 is 0 Å². The molecular weight excluding hydrogens is 290 g/mol. The minimum absolute atomic E-state index is 0.0790. The highest BCUT2D eigenvalue weighted by molar-refractivity contribution is 7.89. The predicted octanol–water partition coefficient (Wildman–Crippen LogP) is 1.78.